The summed E-state index contributed by atoms with van der Waals surface area (Å²) in [6.45, 7) is 1.65. The number of hydrogen-bond donors (Lipinski definition) is 1. The third-order valence-electron chi connectivity index (χ3n) is 3.43. The standard InChI is InChI=1S/C16H22N4O5S3/c1-5-8-26-16-19-18-15(27-16)17-14(21)10-20(28(4,22)23)11-6-7-12(24-2)13(9-11)25-3/h6-7,9H,5,8,10H2,1-4H3,(H,17,18,21). The maximum Gasteiger partial charge on any atom is 0.246 e. The van der Waals surface area contributed by atoms with Crippen molar-refractivity contribution in [1.82, 2.24) is 10.2 Å². The van der Waals surface area contributed by atoms with Crippen LogP contribution in [-0.2, 0) is 14.8 Å². The van der Waals surface area contributed by atoms with Gasteiger partial charge in [-0.1, -0.05) is 30.0 Å². The molecule has 0 aliphatic heterocycles. The second kappa shape index (κ2) is 9.94. The van der Waals surface area contributed by atoms with Crippen LogP contribution in [0, 0.1) is 0 Å². The zero-order valence-corrected chi connectivity index (χ0v) is 18.4. The van der Waals surface area contributed by atoms with Crippen LogP contribution in [0.1, 0.15) is 13.3 Å². The molecule has 1 heterocycles. The van der Waals surface area contributed by atoms with Crippen molar-refractivity contribution in [2.24, 2.45) is 0 Å². The Balaban J connectivity index is 2.16. The van der Waals surface area contributed by atoms with Gasteiger partial charge in [0, 0.05) is 11.8 Å². The van der Waals surface area contributed by atoms with Crippen molar-refractivity contribution < 1.29 is 22.7 Å². The van der Waals surface area contributed by atoms with Crippen LogP contribution in [0.5, 0.6) is 11.5 Å². The number of anilines is 2. The van der Waals surface area contributed by atoms with Crippen molar-refractivity contribution in [2.45, 2.75) is 17.7 Å². The topological polar surface area (TPSA) is 111 Å². The molecular formula is C16H22N4O5S3. The Morgan fingerprint density at radius 3 is 2.57 bits per heavy atom. The van der Waals surface area contributed by atoms with Crippen LogP contribution in [0.3, 0.4) is 0 Å². The van der Waals surface area contributed by atoms with Gasteiger partial charge in [0.2, 0.25) is 21.1 Å². The Morgan fingerprint density at radius 1 is 1.25 bits per heavy atom. The first-order chi connectivity index (χ1) is 13.3. The van der Waals surface area contributed by atoms with Crippen molar-refractivity contribution in [1.29, 1.82) is 0 Å². The summed E-state index contributed by atoms with van der Waals surface area (Å²) in [5.74, 6) is 1.19. The lowest BCUT2D eigenvalue weighted by molar-refractivity contribution is -0.114. The molecule has 0 saturated carbocycles. The van der Waals surface area contributed by atoms with E-state index in [2.05, 4.69) is 22.4 Å². The number of amides is 1. The predicted molar refractivity (Wildman–Crippen MR) is 111 cm³/mol. The molecule has 2 rings (SSSR count). The van der Waals surface area contributed by atoms with Gasteiger partial charge in [-0.05, 0) is 18.6 Å². The van der Waals surface area contributed by atoms with Gasteiger partial charge >= 0.3 is 0 Å². The van der Waals surface area contributed by atoms with Gasteiger partial charge in [0.05, 0.1) is 26.2 Å². The van der Waals surface area contributed by atoms with E-state index >= 15 is 0 Å². The molecule has 1 aromatic heterocycles. The lowest BCUT2D eigenvalue weighted by Crippen LogP contribution is -2.37. The minimum absolute atomic E-state index is 0.284. The largest absolute Gasteiger partial charge is 0.493 e. The number of methoxy groups -OCH3 is 2. The molecule has 28 heavy (non-hydrogen) atoms. The number of ether oxygens (including phenoxy) is 2. The van der Waals surface area contributed by atoms with Crippen LogP contribution >= 0.6 is 23.1 Å². The van der Waals surface area contributed by atoms with E-state index < -0.39 is 22.5 Å². The first-order valence-corrected chi connectivity index (χ1v) is 11.9. The van der Waals surface area contributed by atoms with Gasteiger partial charge in [0.1, 0.15) is 6.54 Å². The smallest absolute Gasteiger partial charge is 0.246 e. The molecule has 1 N–H and O–H groups in total. The average Bonchev–Trinajstić information content (AvgIpc) is 3.10. The number of carbonyl (C=O) groups excluding carboxylic acids is 1. The monoisotopic (exact) mass is 446 g/mol. The van der Waals surface area contributed by atoms with E-state index in [1.54, 1.807) is 23.9 Å². The van der Waals surface area contributed by atoms with Gasteiger partial charge < -0.3 is 9.47 Å². The van der Waals surface area contributed by atoms with Crippen molar-refractivity contribution in [2.75, 3.05) is 42.4 Å². The van der Waals surface area contributed by atoms with E-state index in [1.165, 1.54) is 31.6 Å². The molecule has 1 aromatic carbocycles. The number of benzene rings is 1. The summed E-state index contributed by atoms with van der Waals surface area (Å²) in [5, 5.41) is 10.8. The van der Waals surface area contributed by atoms with Gasteiger partial charge in [-0.3, -0.25) is 14.4 Å². The Hall–Kier alpha value is -2.05. The quantitative estimate of drug-likeness (QED) is 0.438. The molecule has 2 aromatic rings. The Kier molecular flexibility index (Phi) is 7.89. The zero-order valence-electron chi connectivity index (χ0n) is 16.0. The highest BCUT2D eigenvalue weighted by Crippen LogP contribution is 2.32. The molecule has 0 saturated heterocycles. The van der Waals surface area contributed by atoms with Gasteiger partial charge in [-0.15, -0.1) is 10.2 Å². The highest BCUT2D eigenvalue weighted by molar-refractivity contribution is 8.01. The number of thioether (sulfide) groups is 1. The predicted octanol–water partition coefficient (Wildman–Crippen LogP) is 2.46. The number of sulfonamides is 1. The van der Waals surface area contributed by atoms with Crippen LogP contribution < -0.4 is 19.1 Å². The molecule has 0 spiro atoms. The molecule has 12 heteroatoms. The second-order valence-electron chi connectivity index (χ2n) is 5.58. The molecule has 154 valence electrons. The molecule has 0 aliphatic rings. The van der Waals surface area contributed by atoms with Crippen LogP contribution in [0.2, 0.25) is 0 Å². The van der Waals surface area contributed by atoms with Gasteiger partial charge in [-0.2, -0.15) is 0 Å². The van der Waals surface area contributed by atoms with Crippen LogP contribution in [0.4, 0.5) is 10.8 Å². The third kappa shape index (κ3) is 5.97. The first-order valence-electron chi connectivity index (χ1n) is 8.24. The summed E-state index contributed by atoms with van der Waals surface area (Å²) in [5.41, 5.74) is 0.284. The van der Waals surface area contributed by atoms with Gasteiger partial charge in [-0.25, -0.2) is 8.42 Å². The highest BCUT2D eigenvalue weighted by Gasteiger charge is 2.23. The van der Waals surface area contributed by atoms with Crippen molar-refractivity contribution >= 4 is 49.8 Å². The third-order valence-corrected chi connectivity index (χ3v) is 6.74. The summed E-state index contributed by atoms with van der Waals surface area (Å²) in [7, 11) is -0.790. The lowest BCUT2D eigenvalue weighted by atomic mass is 10.2. The van der Waals surface area contributed by atoms with Gasteiger partial charge in [0.25, 0.3) is 0 Å². The summed E-state index contributed by atoms with van der Waals surface area (Å²) >= 11 is 2.80. The number of carbonyl (C=O) groups is 1. The molecule has 0 atom stereocenters. The maximum absolute atomic E-state index is 12.4. The average molecular weight is 447 g/mol. The second-order valence-corrected chi connectivity index (χ2v) is 9.81. The Bertz CT molecular complexity index is 917. The molecule has 1 amide bonds. The number of aromatic nitrogens is 2. The van der Waals surface area contributed by atoms with E-state index in [4.69, 9.17) is 9.47 Å². The van der Waals surface area contributed by atoms with E-state index in [0.717, 1.165) is 27.1 Å². The number of nitrogens with zero attached hydrogens (tertiary/aromatic N) is 3. The van der Waals surface area contributed by atoms with E-state index in [1.807, 2.05) is 0 Å². The van der Waals surface area contributed by atoms with Crippen LogP contribution in [0.25, 0.3) is 0 Å². The summed E-state index contributed by atoms with van der Waals surface area (Å²) in [6.07, 6.45) is 2.03. The molecule has 0 bridgehead atoms. The molecule has 0 radical (unpaired) electrons. The van der Waals surface area contributed by atoms with Crippen molar-refractivity contribution in [3.63, 3.8) is 0 Å². The molecule has 0 fully saturated rings. The van der Waals surface area contributed by atoms with Crippen molar-refractivity contribution in [3.05, 3.63) is 18.2 Å². The molecule has 9 nitrogen and oxygen atoms in total. The van der Waals surface area contributed by atoms with Crippen LogP contribution in [-0.4, -0.2) is 57.3 Å². The van der Waals surface area contributed by atoms with E-state index in [0.29, 0.717) is 16.6 Å². The Labute approximate surface area is 172 Å². The summed E-state index contributed by atoms with van der Waals surface area (Å²) < 4.78 is 36.6. The minimum Gasteiger partial charge on any atom is -0.493 e. The highest BCUT2D eigenvalue weighted by atomic mass is 32.2. The van der Waals surface area contributed by atoms with E-state index in [-0.39, 0.29) is 5.69 Å². The number of hydrogen-bond acceptors (Lipinski definition) is 9. The van der Waals surface area contributed by atoms with E-state index in [9.17, 15) is 13.2 Å². The van der Waals surface area contributed by atoms with Gasteiger partial charge in [0.15, 0.2) is 15.8 Å². The Morgan fingerprint density at radius 2 is 1.96 bits per heavy atom. The SMILES string of the molecule is CCCSc1nnc(NC(=O)CN(c2ccc(OC)c(OC)c2)S(C)(=O)=O)s1. The summed E-state index contributed by atoms with van der Waals surface area (Å²) in [6, 6.07) is 4.62. The van der Waals surface area contributed by atoms with Crippen molar-refractivity contribution in [3.8, 4) is 11.5 Å². The normalized spacial score (nSPS) is 11.1. The fourth-order valence-corrected chi connectivity index (χ4v) is 4.72. The number of nitrogens with one attached hydrogen (secondary N) is 1. The molecule has 0 aliphatic carbocycles. The first kappa shape index (κ1) is 22.2. The lowest BCUT2D eigenvalue weighted by Gasteiger charge is -2.22. The molecule has 0 unspecified atom stereocenters. The minimum atomic E-state index is -3.72. The maximum atomic E-state index is 12.4. The van der Waals surface area contributed by atoms with Crippen LogP contribution in [0.15, 0.2) is 22.5 Å². The number of rotatable bonds is 10. The fourth-order valence-electron chi connectivity index (χ4n) is 2.18. The fraction of sp³-hybridized carbons (Fsp3) is 0.438. The molecular weight excluding hydrogens is 424 g/mol. The zero-order chi connectivity index (χ0) is 20.7. The summed E-state index contributed by atoms with van der Waals surface area (Å²) in [4.78, 5) is 12.4.